The van der Waals surface area contributed by atoms with Gasteiger partial charge in [-0.3, -0.25) is 4.79 Å². The van der Waals surface area contributed by atoms with Gasteiger partial charge in [0.15, 0.2) is 5.78 Å². The first-order chi connectivity index (χ1) is 9.31. The first kappa shape index (κ1) is 15.0. The second-order valence-corrected chi connectivity index (χ2v) is 6.44. The summed E-state index contributed by atoms with van der Waals surface area (Å²) < 4.78 is 0. The standard InChI is InChI=1S/C17H24O3/c1-9-5-13(6-10(2)15(9)18)17(20)14-7-11(3)16(19)12(4)8-14/h5-6,11-12,14,16,18-19H,7-8H2,1-4H3. The summed E-state index contributed by atoms with van der Waals surface area (Å²) in [5, 5.41) is 19.8. The fraction of sp³-hybridized carbons (Fsp3) is 0.588. The number of carbonyl (C=O) groups is 1. The highest BCUT2D eigenvalue weighted by Crippen LogP contribution is 2.36. The molecule has 3 nitrogen and oxygen atoms in total. The first-order valence-corrected chi connectivity index (χ1v) is 7.33. The van der Waals surface area contributed by atoms with Crippen molar-refractivity contribution < 1.29 is 15.0 Å². The summed E-state index contributed by atoms with van der Waals surface area (Å²) in [5.74, 6) is 0.704. The van der Waals surface area contributed by atoms with Crippen molar-refractivity contribution in [1.82, 2.24) is 0 Å². The zero-order valence-electron chi connectivity index (χ0n) is 12.7. The van der Waals surface area contributed by atoms with E-state index in [9.17, 15) is 15.0 Å². The summed E-state index contributed by atoms with van der Waals surface area (Å²) in [4.78, 5) is 12.6. The molecule has 0 aliphatic heterocycles. The number of hydrogen-bond acceptors (Lipinski definition) is 3. The molecule has 2 atom stereocenters. The van der Waals surface area contributed by atoms with Crippen LogP contribution >= 0.6 is 0 Å². The number of rotatable bonds is 2. The van der Waals surface area contributed by atoms with Gasteiger partial charge in [0.25, 0.3) is 0 Å². The van der Waals surface area contributed by atoms with Crippen LogP contribution in [0.1, 0.15) is 48.2 Å². The second kappa shape index (κ2) is 5.57. The smallest absolute Gasteiger partial charge is 0.165 e. The van der Waals surface area contributed by atoms with E-state index in [0.29, 0.717) is 5.56 Å². The monoisotopic (exact) mass is 276 g/mol. The van der Waals surface area contributed by atoms with Gasteiger partial charge in [-0.15, -0.1) is 0 Å². The highest BCUT2D eigenvalue weighted by molar-refractivity contribution is 5.98. The third-order valence-electron chi connectivity index (χ3n) is 4.63. The van der Waals surface area contributed by atoms with Gasteiger partial charge in [0, 0.05) is 11.5 Å². The van der Waals surface area contributed by atoms with Crippen molar-refractivity contribution in [2.75, 3.05) is 0 Å². The fourth-order valence-corrected chi connectivity index (χ4v) is 3.38. The molecule has 2 N–H and O–H groups in total. The zero-order chi connectivity index (χ0) is 15.0. The Balaban J connectivity index is 2.24. The lowest BCUT2D eigenvalue weighted by Crippen LogP contribution is -2.37. The second-order valence-electron chi connectivity index (χ2n) is 6.44. The van der Waals surface area contributed by atoms with Gasteiger partial charge in [-0.2, -0.15) is 0 Å². The van der Waals surface area contributed by atoms with E-state index >= 15 is 0 Å². The molecule has 0 heterocycles. The predicted octanol–water partition coefficient (Wildman–Crippen LogP) is 3.23. The molecular formula is C17H24O3. The molecule has 110 valence electrons. The zero-order valence-corrected chi connectivity index (χ0v) is 12.7. The number of ketones is 1. The first-order valence-electron chi connectivity index (χ1n) is 7.33. The van der Waals surface area contributed by atoms with Gasteiger partial charge in [0.2, 0.25) is 0 Å². The molecule has 2 unspecified atom stereocenters. The summed E-state index contributed by atoms with van der Waals surface area (Å²) in [6.45, 7) is 7.64. The number of aromatic hydroxyl groups is 1. The molecule has 1 saturated carbocycles. The van der Waals surface area contributed by atoms with Crippen molar-refractivity contribution in [3.63, 3.8) is 0 Å². The average Bonchev–Trinajstić information content (AvgIpc) is 2.40. The van der Waals surface area contributed by atoms with Gasteiger partial charge in [0.1, 0.15) is 5.75 Å². The molecular weight excluding hydrogens is 252 g/mol. The molecule has 0 amide bonds. The molecule has 0 aromatic heterocycles. The highest BCUT2D eigenvalue weighted by atomic mass is 16.3. The molecule has 1 fully saturated rings. The third-order valence-corrected chi connectivity index (χ3v) is 4.63. The van der Waals surface area contributed by atoms with E-state index in [2.05, 4.69) is 0 Å². The summed E-state index contributed by atoms with van der Waals surface area (Å²) in [7, 11) is 0. The SMILES string of the molecule is Cc1cc(C(=O)C2CC(C)C(O)C(C)C2)cc(C)c1O. The number of benzene rings is 1. The maximum atomic E-state index is 12.6. The van der Waals surface area contributed by atoms with Crippen molar-refractivity contribution in [3.05, 3.63) is 28.8 Å². The molecule has 0 saturated heterocycles. The number of phenolic OH excluding ortho intramolecular Hbond substituents is 1. The van der Waals surface area contributed by atoms with E-state index in [1.54, 1.807) is 12.1 Å². The normalized spacial score (nSPS) is 30.2. The van der Waals surface area contributed by atoms with E-state index in [1.807, 2.05) is 27.7 Å². The Hall–Kier alpha value is -1.35. The Morgan fingerprint density at radius 2 is 1.55 bits per heavy atom. The molecule has 20 heavy (non-hydrogen) atoms. The van der Waals surface area contributed by atoms with Crippen molar-refractivity contribution in [2.24, 2.45) is 17.8 Å². The van der Waals surface area contributed by atoms with Crippen LogP contribution in [0, 0.1) is 31.6 Å². The van der Waals surface area contributed by atoms with Crippen LogP contribution in [0.2, 0.25) is 0 Å². The Bertz CT molecular complexity index is 486. The van der Waals surface area contributed by atoms with Crippen LogP contribution in [0.5, 0.6) is 5.75 Å². The van der Waals surface area contributed by atoms with Crippen molar-refractivity contribution in [2.45, 2.75) is 46.6 Å². The molecule has 3 heteroatoms. The molecule has 0 spiro atoms. The number of aryl methyl sites for hydroxylation is 2. The molecule has 1 aromatic rings. The number of aliphatic hydroxyl groups excluding tert-OH is 1. The molecule has 0 bridgehead atoms. The lowest BCUT2D eigenvalue weighted by Gasteiger charge is -2.35. The van der Waals surface area contributed by atoms with Gasteiger partial charge in [-0.1, -0.05) is 13.8 Å². The Kier molecular flexibility index (Phi) is 4.19. The van der Waals surface area contributed by atoms with Crippen LogP contribution in [-0.2, 0) is 0 Å². The summed E-state index contributed by atoms with van der Waals surface area (Å²) >= 11 is 0. The van der Waals surface area contributed by atoms with Gasteiger partial charge in [-0.05, 0) is 61.8 Å². The van der Waals surface area contributed by atoms with Gasteiger partial charge in [0.05, 0.1) is 6.10 Å². The van der Waals surface area contributed by atoms with E-state index in [4.69, 9.17) is 0 Å². The van der Waals surface area contributed by atoms with Crippen LogP contribution in [0.3, 0.4) is 0 Å². The average molecular weight is 276 g/mol. The third kappa shape index (κ3) is 2.73. The van der Waals surface area contributed by atoms with E-state index in [-0.39, 0.29) is 35.4 Å². The maximum Gasteiger partial charge on any atom is 0.165 e. The Labute approximate surface area is 120 Å². The quantitative estimate of drug-likeness (QED) is 0.815. The van der Waals surface area contributed by atoms with E-state index in [1.165, 1.54) is 0 Å². The number of phenols is 1. The molecule has 1 aromatic carbocycles. The minimum Gasteiger partial charge on any atom is -0.507 e. The Morgan fingerprint density at radius 3 is 2.00 bits per heavy atom. The molecule has 1 aliphatic carbocycles. The minimum atomic E-state index is -0.303. The molecule has 2 rings (SSSR count). The Morgan fingerprint density at radius 1 is 1.10 bits per heavy atom. The van der Waals surface area contributed by atoms with Crippen molar-refractivity contribution in [1.29, 1.82) is 0 Å². The summed E-state index contributed by atoms with van der Waals surface area (Å²) in [5.41, 5.74) is 2.16. The van der Waals surface area contributed by atoms with Crippen molar-refractivity contribution in [3.8, 4) is 5.75 Å². The minimum absolute atomic E-state index is 0.0215. The summed E-state index contributed by atoms with van der Waals surface area (Å²) in [6, 6.07) is 3.54. The predicted molar refractivity (Wildman–Crippen MR) is 79.0 cm³/mol. The highest BCUT2D eigenvalue weighted by Gasteiger charge is 2.35. The molecule has 1 aliphatic rings. The van der Waals surface area contributed by atoms with Crippen LogP contribution < -0.4 is 0 Å². The van der Waals surface area contributed by atoms with Gasteiger partial charge in [-0.25, -0.2) is 0 Å². The van der Waals surface area contributed by atoms with Gasteiger partial charge >= 0.3 is 0 Å². The largest absolute Gasteiger partial charge is 0.507 e. The topological polar surface area (TPSA) is 57.5 Å². The maximum absolute atomic E-state index is 12.6. The number of hydrogen-bond donors (Lipinski definition) is 2. The van der Waals surface area contributed by atoms with E-state index < -0.39 is 0 Å². The van der Waals surface area contributed by atoms with Gasteiger partial charge < -0.3 is 10.2 Å². The van der Waals surface area contributed by atoms with E-state index in [0.717, 1.165) is 24.0 Å². The number of carbonyl (C=O) groups excluding carboxylic acids is 1. The lowest BCUT2D eigenvalue weighted by molar-refractivity contribution is 0.0131. The number of Topliss-reactive ketones (excluding diaryl/α,β-unsaturated/α-hetero) is 1. The lowest BCUT2D eigenvalue weighted by atomic mass is 9.72. The summed E-state index contributed by atoms with van der Waals surface area (Å²) in [6.07, 6.45) is 1.18. The van der Waals surface area contributed by atoms with Crippen LogP contribution in [-0.4, -0.2) is 22.1 Å². The van der Waals surface area contributed by atoms with Crippen molar-refractivity contribution >= 4 is 5.78 Å². The fourth-order valence-electron chi connectivity index (χ4n) is 3.38. The van der Waals surface area contributed by atoms with Crippen LogP contribution in [0.25, 0.3) is 0 Å². The van der Waals surface area contributed by atoms with Crippen LogP contribution in [0.15, 0.2) is 12.1 Å². The molecule has 0 radical (unpaired) electrons. The number of aliphatic hydroxyl groups is 1. The van der Waals surface area contributed by atoms with Crippen LogP contribution in [0.4, 0.5) is 0 Å².